The third-order valence-electron chi connectivity index (χ3n) is 5.99. The first-order valence-corrected chi connectivity index (χ1v) is 11.1. The normalized spacial score (nSPS) is 11.6. The van der Waals surface area contributed by atoms with Gasteiger partial charge in [0.15, 0.2) is 0 Å². The van der Waals surface area contributed by atoms with Crippen molar-refractivity contribution >= 4 is 51.2 Å². The number of imidazole rings is 1. The monoisotopic (exact) mass is 453 g/mol. The Morgan fingerprint density at radius 1 is 1.21 bits per heavy atom. The first-order valence-electron chi connectivity index (χ1n) is 10.8. The Morgan fingerprint density at radius 3 is 2.82 bits per heavy atom. The molecular formula is C26H22ClN6+. The average molecular weight is 454 g/mol. The zero-order chi connectivity index (χ0) is 23.1. The minimum absolute atomic E-state index is 0.398. The van der Waals surface area contributed by atoms with Gasteiger partial charge in [-0.2, -0.15) is 15.1 Å². The Labute approximate surface area is 196 Å². The van der Waals surface area contributed by atoms with Gasteiger partial charge in [0.25, 0.3) is 5.82 Å². The molecule has 0 amide bonds. The number of aromatic amines is 1. The van der Waals surface area contributed by atoms with Crippen molar-refractivity contribution in [2.75, 3.05) is 5.43 Å². The summed E-state index contributed by atoms with van der Waals surface area (Å²) < 4.78 is 2.03. The Hall–Kier alpha value is -3.95. The van der Waals surface area contributed by atoms with Crippen LogP contribution in [0.5, 0.6) is 0 Å². The molecule has 162 valence electrons. The minimum atomic E-state index is 0.398. The quantitative estimate of drug-likeness (QED) is 0.161. The van der Waals surface area contributed by atoms with E-state index in [1.807, 2.05) is 60.7 Å². The van der Waals surface area contributed by atoms with Crippen LogP contribution in [0.15, 0.2) is 53.6 Å². The van der Waals surface area contributed by atoms with Crippen LogP contribution in [0.1, 0.15) is 34.7 Å². The number of aryl methyl sites for hydroxylation is 1. The maximum atomic E-state index is 9.86. The molecule has 0 aliphatic rings. The van der Waals surface area contributed by atoms with E-state index in [1.165, 1.54) is 0 Å². The van der Waals surface area contributed by atoms with E-state index in [1.54, 1.807) is 6.21 Å². The van der Waals surface area contributed by atoms with E-state index in [-0.39, 0.29) is 0 Å². The van der Waals surface area contributed by atoms with Crippen LogP contribution in [0.4, 0.5) is 5.82 Å². The molecular weight excluding hydrogens is 432 g/mol. The lowest BCUT2D eigenvalue weighted by Gasteiger charge is -2.10. The number of nitriles is 1. The number of halogens is 1. The summed E-state index contributed by atoms with van der Waals surface area (Å²) in [6, 6.07) is 18.4. The molecule has 6 nitrogen and oxygen atoms in total. The lowest BCUT2D eigenvalue weighted by atomic mass is 10.0. The summed E-state index contributed by atoms with van der Waals surface area (Å²) in [6.45, 7) is 6.08. The Bertz CT molecular complexity index is 1620. The van der Waals surface area contributed by atoms with E-state index in [0.29, 0.717) is 10.7 Å². The van der Waals surface area contributed by atoms with Gasteiger partial charge in [-0.3, -0.25) is 4.98 Å². The van der Waals surface area contributed by atoms with Crippen molar-refractivity contribution in [1.82, 2.24) is 9.97 Å². The van der Waals surface area contributed by atoms with Crippen LogP contribution < -0.4 is 9.83 Å². The van der Waals surface area contributed by atoms with E-state index >= 15 is 0 Å². The van der Waals surface area contributed by atoms with Crippen molar-refractivity contribution in [2.45, 2.75) is 27.2 Å². The number of para-hydroxylation sites is 2. The molecule has 0 aliphatic heterocycles. The number of hydrogen-bond donors (Lipinski definition) is 2. The number of anilines is 1. The maximum Gasteiger partial charge on any atom is 0.253 e. The van der Waals surface area contributed by atoms with E-state index in [2.05, 4.69) is 39.6 Å². The minimum Gasteiger partial charge on any atom is -0.269 e. The predicted molar refractivity (Wildman–Crippen MR) is 133 cm³/mol. The van der Waals surface area contributed by atoms with Crippen molar-refractivity contribution in [2.24, 2.45) is 5.10 Å². The molecule has 0 radical (unpaired) electrons. The number of H-pyrrole nitrogens is 1. The van der Waals surface area contributed by atoms with Gasteiger partial charge in [0.05, 0.1) is 11.7 Å². The number of nitrogens with zero attached hydrogens (tertiary/aromatic N) is 4. The molecule has 5 rings (SSSR count). The van der Waals surface area contributed by atoms with Gasteiger partial charge in [0.2, 0.25) is 5.65 Å². The summed E-state index contributed by atoms with van der Waals surface area (Å²) in [7, 11) is 0. The largest absolute Gasteiger partial charge is 0.269 e. The number of nitrogens with one attached hydrogen (secondary N) is 2. The van der Waals surface area contributed by atoms with Crippen molar-refractivity contribution in [3.8, 4) is 6.07 Å². The highest BCUT2D eigenvalue weighted by Gasteiger charge is 2.24. The average Bonchev–Trinajstić information content (AvgIpc) is 3.18. The summed E-state index contributed by atoms with van der Waals surface area (Å²) >= 11 is 6.44. The molecule has 3 aromatic heterocycles. The van der Waals surface area contributed by atoms with E-state index in [9.17, 15) is 5.26 Å². The number of hydrogen-bond acceptors (Lipinski definition) is 4. The van der Waals surface area contributed by atoms with Gasteiger partial charge in [0.1, 0.15) is 27.8 Å². The zero-order valence-electron chi connectivity index (χ0n) is 18.6. The number of hydrazone groups is 1. The molecule has 7 heteroatoms. The van der Waals surface area contributed by atoms with E-state index in [4.69, 9.17) is 11.6 Å². The fourth-order valence-corrected chi connectivity index (χ4v) is 4.53. The molecule has 2 N–H and O–H groups in total. The number of fused-ring (bicyclic) bond motifs is 4. The summed E-state index contributed by atoms with van der Waals surface area (Å²) in [5.41, 5.74) is 11.2. The van der Waals surface area contributed by atoms with Gasteiger partial charge >= 0.3 is 0 Å². The van der Waals surface area contributed by atoms with Crippen LogP contribution in [-0.2, 0) is 6.42 Å². The predicted octanol–water partition coefficient (Wildman–Crippen LogP) is 5.61. The Balaban J connectivity index is 1.64. The molecule has 33 heavy (non-hydrogen) atoms. The lowest BCUT2D eigenvalue weighted by molar-refractivity contribution is -0.465. The highest BCUT2D eigenvalue weighted by molar-refractivity contribution is 6.32. The molecule has 0 atom stereocenters. The second-order valence-corrected chi connectivity index (χ2v) is 8.41. The molecule has 0 aliphatic carbocycles. The topological polar surface area (TPSA) is 81.0 Å². The number of rotatable bonds is 4. The van der Waals surface area contributed by atoms with E-state index in [0.717, 1.165) is 62.1 Å². The third kappa shape index (κ3) is 3.47. The fraction of sp³-hybridized carbons (Fsp3) is 0.154. The van der Waals surface area contributed by atoms with Gasteiger partial charge in [-0.15, -0.1) is 5.10 Å². The van der Waals surface area contributed by atoms with Crippen LogP contribution in [-0.4, -0.2) is 16.2 Å². The standard InChI is InChI=1S/C26H21ClN6/c1-4-19-16(3)20(13-28)25-31-21-7-5-6-8-23(21)33(25)26(19)32-29-14-18-12-17-10-9-15(2)11-22(17)30-24(18)27/h5-12,14H,4H2,1-3H3,(H,31,32)/p+1. The second kappa shape index (κ2) is 8.19. The van der Waals surface area contributed by atoms with Crippen molar-refractivity contribution in [1.29, 1.82) is 5.26 Å². The van der Waals surface area contributed by atoms with E-state index < -0.39 is 0 Å². The van der Waals surface area contributed by atoms with Crippen LogP contribution >= 0.6 is 11.6 Å². The summed E-state index contributed by atoms with van der Waals surface area (Å²) in [5.74, 6) is 0.818. The summed E-state index contributed by atoms with van der Waals surface area (Å²) in [6.07, 6.45) is 2.43. The summed E-state index contributed by atoms with van der Waals surface area (Å²) in [5, 5.41) is 15.8. The number of aromatic nitrogens is 3. The van der Waals surface area contributed by atoms with Gasteiger partial charge in [-0.05, 0) is 55.7 Å². The molecule has 2 aromatic carbocycles. The first-order chi connectivity index (χ1) is 16.0. The highest BCUT2D eigenvalue weighted by atomic mass is 35.5. The zero-order valence-corrected chi connectivity index (χ0v) is 19.3. The highest BCUT2D eigenvalue weighted by Crippen LogP contribution is 2.26. The van der Waals surface area contributed by atoms with Gasteiger partial charge in [0, 0.05) is 16.5 Å². The van der Waals surface area contributed by atoms with Gasteiger partial charge in [-0.1, -0.05) is 42.8 Å². The molecule has 0 spiro atoms. The lowest BCUT2D eigenvalue weighted by Crippen LogP contribution is -2.28. The molecule has 3 heterocycles. The van der Waals surface area contributed by atoms with Crippen LogP contribution in [0.25, 0.3) is 27.6 Å². The smallest absolute Gasteiger partial charge is 0.253 e. The molecule has 0 fully saturated rings. The molecule has 5 aromatic rings. The van der Waals surface area contributed by atoms with Gasteiger partial charge in [-0.25, -0.2) is 4.98 Å². The number of pyridine rings is 2. The molecule has 0 unspecified atom stereocenters. The molecule has 0 saturated carbocycles. The third-order valence-corrected chi connectivity index (χ3v) is 6.29. The van der Waals surface area contributed by atoms with Crippen LogP contribution in [0.3, 0.4) is 0 Å². The van der Waals surface area contributed by atoms with Crippen LogP contribution in [0, 0.1) is 25.2 Å². The van der Waals surface area contributed by atoms with Crippen LogP contribution in [0.2, 0.25) is 5.15 Å². The Kier molecular flexibility index (Phi) is 5.20. The molecule has 0 bridgehead atoms. The second-order valence-electron chi connectivity index (χ2n) is 8.05. The SMILES string of the molecule is CCc1c(C)c(C#N)c2[nH]c3ccccc3[n+]2c1NN=Cc1cc2ccc(C)cc2nc1Cl. The Morgan fingerprint density at radius 2 is 2.03 bits per heavy atom. The summed E-state index contributed by atoms with van der Waals surface area (Å²) in [4.78, 5) is 7.90. The van der Waals surface area contributed by atoms with Crippen molar-refractivity contribution in [3.05, 3.63) is 81.5 Å². The van der Waals surface area contributed by atoms with Crippen molar-refractivity contribution in [3.63, 3.8) is 0 Å². The van der Waals surface area contributed by atoms with Gasteiger partial charge < -0.3 is 0 Å². The fourth-order valence-electron chi connectivity index (χ4n) is 4.34. The molecule has 0 saturated heterocycles. The van der Waals surface area contributed by atoms with Crippen molar-refractivity contribution < 1.29 is 4.40 Å². The first kappa shape index (κ1) is 20.9. The maximum absolute atomic E-state index is 9.86. The number of benzene rings is 2.